The summed E-state index contributed by atoms with van der Waals surface area (Å²) in [6.45, 7) is 1.38. The highest BCUT2D eigenvalue weighted by Gasteiger charge is 2.12. The van der Waals surface area contributed by atoms with Gasteiger partial charge in [-0.3, -0.25) is 4.79 Å². The Balaban J connectivity index is 1.59. The Morgan fingerprint density at radius 2 is 1.82 bits per heavy atom. The fourth-order valence-electron chi connectivity index (χ4n) is 3.49. The quantitative estimate of drug-likeness (QED) is 0.395. The minimum Gasteiger partial charge on any atom is -0.493 e. The molecule has 0 fully saturated rings. The summed E-state index contributed by atoms with van der Waals surface area (Å²) >= 11 is 0. The molecule has 0 bridgehead atoms. The van der Waals surface area contributed by atoms with Crippen LogP contribution >= 0.6 is 0 Å². The molecular weight excluding hydrogens is 432 g/mol. The first-order chi connectivity index (χ1) is 16.5. The highest BCUT2D eigenvalue weighted by Crippen LogP contribution is 2.32. The van der Waals surface area contributed by atoms with Gasteiger partial charge in [0.1, 0.15) is 0 Å². The van der Waals surface area contributed by atoms with Crippen molar-refractivity contribution in [2.75, 3.05) is 46.7 Å². The van der Waals surface area contributed by atoms with E-state index in [0.717, 1.165) is 23.5 Å². The molecule has 0 aliphatic rings. The van der Waals surface area contributed by atoms with Gasteiger partial charge in [-0.2, -0.15) is 0 Å². The fraction of sp³-hybridized carbons (Fsp3) is 0.240. The third kappa shape index (κ3) is 5.10. The van der Waals surface area contributed by atoms with Crippen molar-refractivity contribution in [3.63, 3.8) is 0 Å². The molecule has 2 N–H and O–H groups in total. The van der Waals surface area contributed by atoms with E-state index in [1.807, 2.05) is 78.3 Å². The van der Waals surface area contributed by atoms with Crippen LogP contribution in [-0.2, 0) is 0 Å². The summed E-state index contributed by atoms with van der Waals surface area (Å²) in [6.07, 6.45) is 5.50. The first kappa shape index (κ1) is 23.1. The van der Waals surface area contributed by atoms with Gasteiger partial charge < -0.3 is 29.4 Å². The van der Waals surface area contributed by atoms with Gasteiger partial charge in [-0.25, -0.2) is 9.97 Å². The van der Waals surface area contributed by atoms with Gasteiger partial charge in [-0.05, 0) is 38.4 Å². The van der Waals surface area contributed by atoms with Gasteiger partial charge in [-0.15, -0.1) is 0 Å². The Bertz CT molecular complexity index is 1280. The topological polar surface area (TPSA) is 93.0 Å². The molecule has 0 saturated heterocycles. The number of hydrogen-bond acceptors (Lipinski definition) is 7. The highest BCUT2D eigenvalue weighted by molar-refractivity contribution is 5.94. The van der Waals surface area contributed by atoms with Crippen molar-refractivity contribution in [3.8, 4) is 22.8 Å². The summed E-state index contributed by atoms with van der Waals surface area (Å²) in [5.41, 5.74) is 3.71. The monoisotopic (exact) mass is 460 g/mol. The second-order valence-electron chi connectivity index (χ2n) is 7.96. The number of ether oxygens (including phenoxy) is 2. The molecule has 9 nitrogen and oxygen atoms in total. The largest absolute Gasteiger partial charge is 0.493 e. The van der Waals surface area contributed by atoms with Crippen molar-refractivity contribution in [3.05, 3.63) is 66.6 Å². The molecule has 0 radical (unpaired) electrons. The Kier molecular flexibility index (Phi) is 6.93. The second-order valence-corrected chi connectivity index (χ2v) is 7.96. The van der Waals surface area contributed by atoms with Crippen LogP contribution < -0.4 is 20.1 Å². The van der Waals surface area contributed by atoms with Crippen LogP contribution in [0.15, 0.2) is 61.1 Å². The molecule has 34 heavy (non-hydrogen) atoms. The van der Waals surface area contributed by atoms with E-state index in [1.165, 1.54) is 0 Å². The molecule has 2 aromatic carbocycles. The van der Waals surface area contributed by atoms with Crippen LogP contribution in [0.1, 0.15) is 10.4 Å². The SMILES string of the molecule is COc1ccc(Nc2nc(-c3ccc(C(=O)NCCN(C)C)cc3)cn3ccnc23)cc1OC. The second kappa shape index (κ2) is 10.2. The third-order valence-electron chi connectivity index (χ3n) is 5.31. The zero-order chi connectivity index (χ0) is 24.1. The lowest BCUT2D eigenvalue weighted by Gasteiger charge is -2.13. The molecule has 9 heteroatoms. The van der Waals surface area contributed by atoms with Crippen LogP contribution in [0.3, 0.4) is 0 Å². The predicted octanol–water partition coefficient (Wildman–Crippen LogP) is 3.45. The van der Waals surface area contributed by atoms with Crippen molar-refractivity contribution in [1.29, 1.82) is 0 Å². The van der Waals surface area contributed by atoms with Gasteiger partial charge in [-0.1, -0.05) is 12.1 Å². The van der Waals surface area contributed by atoms with Crippen LogP contribution in [-0.4, -0.2) is 66.6 Å². The van der Waals surface area contributed by atoms with E-state index in [4.69, 9.17) is 14.5 Å². The number of fused-ring (bicyclic) bond motifs is 1. The fourth-order valence-corrected chi connectivity index (χ4v) is 3.49. The van der Waals surface area contributed by atoms with Crippen molar-refractivity contribution >= 4 is 23.1 Å². The smallest absolute Gasteiger partial charge is 0.251 e. The van der Waals surface area contributed by atoms with E-state index in [9.17, 15) is 4.79 Å². The summed E-state index contributed by atoms with van der Waals surface area (Å²) in [6, 6.07) is 13.0. The number of hydrogen-bond donors (Lipinski definition) is 2. The lowest BCUT2D eigenvalue weighted by Crippen LogP contribution is -2.31. The van der Waals surface area contributed by atoms with Crippen LogP contribution in [0.25, 0.3) is 16.9 Å². The number of carbonyl (C=O) groups is 1. The van der Waals surface area contributed by atoms with Gasteiger partial charge in [0.25, 0.3) is 5.91 Å². The summed E-state index contributed by atoms with van der Waals surface area (Å²) in [7, 11) is 7.14. The molecule has 0 unspecified atom stereocenters. The van der Waals surface area contributed by atoms with E-state index >= 15 is 0 Å². The highest BCUT2D eigenvalue weighted by atomic mass is 16.5. The van der Waals surface area contributed by atoms with E-state index in [0.29, 0.717) is 35.1 Å². The lowest BCUT2D eigenvalue weighted by molar-refractivity contribution is 0.0951. The molecule has 0 spiro atoms. The van der Waals surface area contributed by atoms with Gasteiger partial charge in [0.2, 0.25) is 0 Å². The first-order valence-electron chi connectivity index (χ1n) is 10.8. The summed E-state index contributed by atoms with van der Waals surface area (Å²) in [5.74, 6) is 1.76. The molecule has 2 aromatic heterocycles. The normalized spacial score (nSPS) is 11.0. The summed E-state index contributed by atoms with van der Waals surface area (Å²) in [4.78, 5) is 23.6. The van der Waals surface area contributed by atoms with Crippen LogP contribution in [0.2, 0.25) is 0 Å². The summed E-state index contributed by atoms with van der Waals surface area (Å²) < 4.78 is 12.6. The van der Waals surface area contributed by atoms with Gasteiger partial charge >= 0.3 is 0 Å². The molecule has 0 aliphatic carbocycles. The zero-order valence-electron chi connectivity index (χ0n) is 19.7. The van der Waals surface area contributed by atoms with Gasteiger partial charge in [0.05, 0.1) is 19.9 Å². The number of carbonyl (C=O) groups excluding carboxylic acids is 1. The number of nitrogens with one attached hydrogen (secondary N) is 2. The average molecular weight is 461 g/mol. The van der Waals surface area contributed by atoms with Crippen molar-refractivity contribution in [1.82, 2.24) is 24.6 Å². The predicted molar refractivity (Wildman–Crippen MR) is 132 cm³/mol. The first-order valence-corrected chi connectivity index (χ1v) is 10.8. The van der Waals surface area contributed by atoms with Crippen molar-refractivity contribution in [2.24, 2.45) is 0 Å². The number of anilines is 2. The maximum atomic E-state index is 12.4. The molecule has 0 saturated carbocycles. The maximum absolute atomic E-state index is 12.4. The number of likely N-dealkylation sites (N-methyl/N-ethyl adjacent to an activating group) is 1. The van der Waals surface area contributed by atoms with Gasteiger partial charge in [0.15, 0.2) is 23.0 Å². The van der Waals surface area contributed by atoms with Crippen molar-refractivity contribution in [2.45, 2.75) is 0 Å². The van der Waals surface area contributed by atoms with E-state index in [-0.39, 0.29) is 5.91 Å². The molecule has 2 heterocycles. The number of aromatic nitrogens is 3. The third-order valence-corrected chi connectivity index (χ3v) is 5.31. The Morgan fingerprint density at radius 1 is 1.06 bits per heavy atom. The molecule has 0 aliphatic heterocycles. The minimum absolute atomic E-state index is 0.0952. The zero-order valence-corrected chi connectivity index (χ0v) is 19.7. The molecule has 4 rings (SSSR count). The Hall–Kier alpha value is -4.11. The molecule has 4 aromatic rings. The number of nitrogens with zero attached hydrogens (tertiary/aromatic N) is 4. The molecule has 1 amide bonds. The number of amides is 1. The molecule has 0 atom stereocenters. The maximum Gasteiger partial charge on any atom is 0.251 e. The molecular formula is C25H28N6O3. The van der Waals surface area contributed by atoms with E-state index in [1.54, 1.807) is 20.4 Å². The van der Waals surface area contributed by atoms with Crippen LogP contribution in [0.5, 0.6) is 11.5 Å². The number of benzene rings is 2. The van der Waals surface area contributed by atoms with E-state index < -0.39 is 0 Å². The number of imidazole rings is 1. The van der Waals surface area contributed by atoms with Crippen LogP contribution in [0.4, 0.5) is 11.5 Å². The minimum atomic E-state index is -0.0952. The van der Waals surface area contributed by atoms with E-state index in [2.05, 4.69) is 15.6 Å². The number of methoxy groups -OCH3 is 2. The summed E-state index contributed by atoms with van der Waals surface area (Å²) in [5, 5.41) is 6.26. The number of rotatable bonds is 9. The van der Waals surface area contributed by atoms with Crippen molar-refractivity contribution < 1.29 is 14.3 Å². The Morgan fingerprint density at radius 3 is 2.53 bits per heavy atom. The molecule has 176 valence electrons. The average Bonchev–Trinajstić information content (AvgIpc) is 3.33. The standard InChI is InChI=1S/C25H28N6O3/c1-30(2)13-11-27-25(32)18-7-5-17(6-8-18)20-16-31-14-12-26-24(31)23(29-20)28-19-9-10-21(33-3)22(15-19)34-4/h5-10,12,14-16H,11,13H2,1-4H3,(H,27,32)(H,28,29). The van der Waals surface area contributed by atoms with Gasteiger partial charge in [0, 0.05) is 54.6 Å². The lowest BCUT2D eigenvalue weighted by atomic mass is 10.1. The van der Waals surface area contributed by atoms with Crippen LogP contribution in [0, 0.1) is 0 Å². The Labute approximate surface area is 198 Å².